The van der Waals surface area contributed by atoms with Crippen LogP contribution in [0.4, 0.5) is 0 Å². The molecule has 0 spiro atoms. The highest BCUT2D eigenvalue weighted by Crippen LogP contribution is 2.34. The van der Waals surface area contributed by atoms with Crippen LogP contribution in [0.25, 0.3) is 16.5 Å². The van der Waals surface area contributed by atoms with Gasteiger partial charge in [-0.3, -0.25) is 0 Å². The lowest BCUT2D eigenvalue weighted by Gasteiger charge is -2.12. The molecule has 6 heteroatoms. The van der Waals surface area contributed by atoms with Crippen LogP contribution in [0.15, 0.2) is 60.0 Å². The van der Waals surface area contributed by atoms with E-state index in [9.17, 15) is 13.2 Å². The zero-order chi connectivity index (χ0) is 19.8. The average molecular weight is 383 g/mol. The van der Waals surface area contributed by atoms with E-state index in [0.29, 0.717) is 22.0 Å². The van der Waals surface area contributed by atoms with Crippen molar-refractivity contribution in [3.63, 3.8) is 0 Å². The first kappa shape index (κ1) is 18.9. The number of hydrogen-bond acceptors (Lipinski definition) is 4. The van der Waals surface area contributed by atoms with Gasteiger partial charge in [0.2, 0.25) is 0 Å². The van der Waals surface area contributed by atoms with E-state index in [0.717, 1.165) is 9.54 Å². The molecule has 140 valence electrons. The Hall–Kier alpha value is -2.86. The fourth-order valence-electron chi connectivity index (χ4n) is 3.09. The molecule has 0 saturated heterocycles. The number of aromatic nitrogens is 1. The zero-order valence-electron chi connectivity index (χ0n) is 15.5. The number of fused-ring (bicyclic) bond motifs is 1. The highest BCUT2D eigenvalue weighted by atomic mass is 32.2. The average Bonchev–Trinajstić information content (AvgIpc) is 2.98. The van der Waals surface area contributed by atoms with Crippen molar-refractivity contribution in [2.24, 2.45) is 0 Å². The first-order chi connectivity index (χ1) is 12.8. The molecule has 0 amide bonds. The number of rotatable bonds is 5. The van der Waals surface area contributed by atoms with Crippen LogP contribution < -0.4 is 0 Å². The van der Waals surface area contributed by atoms with E-state index in [1.807, 2.05) is 6.92 Å². The third-order valence-corrected chi connectivity index (χ3v) is 6.01. The third kappa shape index (κ3) is 3.17. The van der Waals surface area contributed by atoms with E-state index in [1.165, 1.54) is 12.1 Å². The van der Waals surface area contributed by atoms with Gasteiger partial charge in [-0.05, 0) is 44.5 Å². The first-order valence-corrected chi connectivity index (χ1v) is 10.0. The number of allylic oxidation sites excluding steroid dienone is 1. The van der Waals surface area contributed by atoms with E-state index < -0.39 is 16.0 Å². The predicted octanol–water partition coefficient (Wildman–Crippen LogP) is 4.40. The lowest BCUT2D eigenvalue weighted by Crippen LogP contribution is -2.20. The van der Waals surface area contributed by atoms with Gasteiger partial charge in [0.15, 0.2) is 5.69 Å². The van der Waals surface area contributed by atoms with Crippen LogP contribution in [0.1, 0.15) is 35.5 Å². The summed E-state index contributed by atoms with van der Waals surface area (Å²) in [5, 5.41) is 0.642. The van der Waals surface area contributed by atoms with Gasteiger partial charge in [-0.25, -0.2) is 17.2 Å². The smallest absolute Gasteiger partial charge is 0.356 e. The fraction of sp³-hybridized carbons (Fsp3) is 0.190. The topological polar surface area (TPSA) is 65.4 Å². The Morgan fingerprint density at radius 2 is 1.74 bits per heavy atom. The van der Waals surface area contributed by atoms with Crippen molar-refractivity contribution >= 4 is 32.5 Å². The van der Waals surface area contributed by atoms with E-state index >= 15 is 0 Å². The Morgan fingerprint density at radius 1 is 1.11 bits per heavy atom. The Morgan fingerprint density at radius 3 is 2.33 bits per heavy atom. The summed E-state index contributed by atoms with van der Waals surface area (Å²) in [6.07, 6.45) is 0. The molecular weight excluding hydrogens is 362 g/mol. The third-order valence-electron chi connectivity index (χ3n) is 4.29. The predicted molar refractivity (Wildman–Crippen MR) is 106 cm³/mol. The summed E-state index contributed by atoms with van der Waals surface area (Å²) in [7, 11) is -4.01. The molecule has 27 heavy (non-hydrogen) atoms. The van der Waals surface area contributed by atoms with Crippen molar-refractivity contribution in [3.8, 4) is 0 Å². The molecule has 1 aromatic heterocycles. The summed E-state index contributed by atoms with van der Waals surface area (Å²) in [6.45, 7) is 9.39. The molecule has 1 heterocycles. The van der Waals surface area contributed by atoms with Crippen LogP contribution in [-0.4, -0.2) is 25.0 Å². The maximum Gasteiger partial charge on any atom is 0.356 e. The van der Waals surface area contributed by atoms with Crippen LogP contribution in [0.2, 0.25) is 0 Å². The van der Waals surface area contributed by atoms with Crippen molar-refractivity contribution in [3.05, 3.63) is 71.9 Å². The van der Waals surface area contributed by atoms with Crippen LogP contribution in [-0.2, 0) is 14.8 Å². The second kappa shape index (κ2) is 7.04. The van der Waals surface area contributed by atoms with Crippen LogP contribution in [0.3, 0.4) is 0 Å². The molecule has 0 aliphatic rings. The lowest BCUT2D eigenvalue weighted by atomic mass is 10.0. The Bertz CT molecular complexity index is 1140. The SMILES string of the molecule is C=C(C)c1c(C(=O)OCC)n(S(=O)(=O)c2ccc(C)cc2)c2ccccc12. The Balaban J connectivity index is 2.44. The summed E-state index contributed by atoms with van der Waals surface area (Å²) in [4.78, 5) is 12.8. The highest BCUT2D eigenvalue weighted by molar-refractivity contribution is 7.90. The molecule has 0 fully saturated rings. The summed E-state index contributed by atoms with van der Waals surface area (Å²) >= 11 is 0. The minimum Gasteiger partial charge on any atom is -0.461 e. The quantitative estimate of drug-likeness (QED) is 0.613. The molecule has 3 aromatic rings. The van der Waals surface area contributed by atoms with Gasteiger partial charge in [-0.15, -0.1) is 0 Å². The van der Waals surface area contributed by atoms with Gasteiger partial charge in [0.1, 0.15) is 0 Å². The second-order valence-electron chi connectivity index (χ2n) is 6.32. The van der Waals surface area contributed by atoms with Crippen molar-refractivity contribution in [1.82, 2.24) is 3.97 Å². The number of nitrogens with zero attached hydrogens (tertiary/aromatic N) is 1. The van der Waals surface area contributed by atoms with Crippen molar-refractivity contribution < 1.29 is 17.9 Å². The zero-order valence-corrected chi connectivity index (χ0v) is 16.3. The number of hydrogen-bond donors (Lipinski definition) is 0. The van der Waals surface area contributed by atoms with Gasteiger partial charge in [0.25, 0.3) is 10.0 Å². The van der Waals surface area contributed by atoms with E-state index in [2.05, 4.69) is 6.58 Å². The fourth-order valence-corrected chi connectivity index (χ4v) is 4.61. The molecule has 3 rings (SSSR count). The monoisotopic (exact) mass is 383 g/mol. The van der Waals surface area contributed by atoms with Gasteiger partial charge in [-0.2, -0.15) is 0 Å². The summed E-state index contributed by atoms with van der Waals surface area (Å²) in [5.41, 5.74) is 2.41. The molecular formula is C21H21NO4S. The van der Waals surface area contributed by atoms with E-state index in [1.54, 1.807) is 50.2 Å². The molecule has 0 N–H and O–H groups in total. The maximum atomic E-state index is 13.5. The molecule has 0 unspecified atom stereocenters. The molecule has 0 saturated carbocycles. The summed E-state index contributed by atoms with van der Waals surface area (Å²) in [5.74, 6) is -0.692. The number of carbonyl (C=O) groups is 1. The van der Waals surface area contributed by atoms with Crippen molar-refractivity contribution in [2.75, 3.05) is 6.61 Å². The molecule has 5 nitrogen and oxygen atoms in total. The number of esters is 1. The van der Waals surface area contributed by atoms with Crippen molar-refractivity contribution in [1.29, 1.82) is 0 Å². The van der Waals surface area contributed by atoms with E-state index in [-0.39, 0.29) is 17.2 Å². The number of para-hydroxylation sites is 1. The Labute approximate surface area is 158 Å². The first-order valence-electron chi connectivity index (χ1n) is 8.57. The number of aryl methyl sites for hydroxylation is 1. The second-order valence-corrected chi connectivity index (χ2v) is 8.11. The summed E-state index contributed by atoms with van der Waals surface area (Å²) in [6, 6.07) is 13.5. The molecule has 0 aliphatic heterocycles. The van der Waals surface area contributed by atoms with Gasteiger partial charge >= 0.3 is 5.97 Å². The number of carbonyl (C=O) groups excluding carboxylic acids is 1. The lowest BCUT2D eigenvalue weighted by molar-refractivity contribution is 0.0518. The largest absolute Gasteiger partial charge is 0.461 e. The minimum atomic E-state index is -4.01. The van der Waals surface area contributed by atoms with Gasteiger partial charge in [-0.1, -0.05) is 42.5 Å². The van der Waals surface area contributed by atoms with Crippen LogP contribution in [0, 0.1) is 6.92 Å². The number of ether oxygens (including phenoxy) is 1. The minimum absolute atomic E-state index is 0.0221. The molecule has 2 aromatic carbocycles. The maximum absolute atomic E-state index is 13.5. The van der Waals surface area contributed by atoms with E-state index in [4.69, 9.17) is 4.74 Å². The summed E-state index contributed by atoms with van der Waals surface area (Å²) < 4.78 is 33.2. The van der Waals surface area contributed by atoms with Gasteiger partial charge < -0.3 is 4.74 Å². The van der Waals surface area contributed by atoms with Crippen LogP contribution >= 0.6 is 0 Å². The normalized spacial score (nSPS) is 11.5. The van der Waals surface area contributed by atoms with Gasteiger partial charge in [0.05, 0.1) is 17.0 Å². The molecule has 0 bridgehead atoms. The Kier molecular flexibility index (Phi) is 4.93. The van der Waals surface area contributed by atoms with Crippen LogP contribution in [0.5, 0.6) is 0 Å². The molecule has 0 atom stereocenters. The highest BCUT2D eigenvalue weighted by Gasteiger charge is 2.31. The van der Waals surface area contributed by atoms with Gasteiger partial charge in [0, 0.05) is 10.9 Å². The van der Waals surface area contributed by atoms with Crippen molar-refractivity contribution in [2.45, 2.75) is 25.7 Å². The number of benzene rings is 2. The standard InChI is InChI=1S/C21H21NO4S/c1-5-26-21(23)20-19(14(2)3)17-8-6-7-9-18(17)22(20)27(24,25)16-12-10-15(4)11-13-16/h6-13H,2,5H2,1,3-4H3. The molecule has 0 aliphatic carbocycles. The molecule has 0 radical (unpaired) electrons.